The van der Waals surface area contributed by atoms with Crippen molar-refractivity contribution in [1.82, 2.24) is 15.2 Å². The fraction of sp³-hybridized carbons (Fsp3) is 0.182. The number of methoxy groups -OCH3 is 1. The number of hydrogen-bond acceptors (Lipinski definition) is 4. The van der Waals surface area contributed by atoms with E-state index in [2.05, 4.69) is 19.9 Å². The van der Waals surface area contributed by atoms with Crippen LogP contribution in [0.25, 0.3) is 11.4 Å². The van der Waals surface area contributed by atoms with E-state index in [0.29, 0.717) is 11.4 Å². The van der Waals surface area contributed by atoms with Gasteiger partial charge in [0.15, 0.2) is 0 Å². The SMILES string of the molecule is COC(=O)c1c(-c2ccc(C)cn2)n[nH]c1Cl. The third-order valence-corrected chi connectivity index (χ3v) is 2.54. The third-order valence-electron chi connectivity index (χ3n) is 2.27. The molecule has 1 N–H and O–H groups in total. The Morgan fingerprint density at radius 1 is 1.47 bits per heavy atom. The largest absolute Gasteiger partial charge is 0.465 e. The average molecular weight is 252 g/mol. The predicted octanol–water partition coefficient (Wildman–Crippen LogP) is 2.22. The molecule has 0 bridgehead atoms. The van der Waals surface area contributed by atoms with E-state index < -0.39 is 5.97 Å². The first kappa shape index (κ1) is 11.6. The number of esters is 1. The van der Waals surface area contributed by atoms with Crippen LogP contribution in [0.4, 0.5) is 0 Å². The van der Waals surface area contributed by atoms with Gasteiger partial charge >= 0.3 is 5.97 Å². The van der Waals surface area contributed by atoms with Crippen molar-refractivity contribution in [3.05, 3.63) is 34.6 Å². The van der Waals surface area contributed by atoms with Crippen LogP contribution in [0.1, 0.15) is 15.9 Å². The Hall–Kier alpha value is -1.88. The molecule has 2 aromatic heterocycles. The number of carbonyl (C=O) groups is 1. The van der Waals surface area contributed by atoms with Crippen LogP contribution in [-0.4, -0.2) is 28.3 Å². The molecule has 0 unspecified atom stereocenters. The number of aromatic amines is 1. The minimum Gasteiger partial charge on any atom is -0.465 e. The summed E-state index contributed by atoms with van der Waals surface area (Å²) in [5, 5.41) is 6.65. The molecule has 0 aliphatic rings. The van der Waals surface area contributed by atoms with Crippen LogP contribution in [0, 0.1) is 6.92 Å². The van der Waals surface area contributed by atoms with E-state index >= 15 is 0 Å². The quantitative estimate of drug-likeness (QED) is 0.831. The van der Waals surface area contributed by atoms with E-state index in [0.717, 1.165) is 5.56 Å². The summed E-state index contributed by atoms with van der Waals surface area (Å²) in [4.78, 5) is 15.8. The van der Waals surface area contributed by atoms with Gasteiger partial charge in [-0.25, -0.2) is 4.79 Å². The normalized spacial score (nSPS) is 10.3. The minimum absolute atomic E-state index is 0.147. The molecule has 0 aliphatic carbocycles. The lowest BCUT2D eigenvalue weighted by Gasteiger charge is -2.01. The van der Waals surface area contributed by atoms with Crippen LogP contribution >= 0.6 is 11.6 Å². The number of pyridine rings is 1. The highest BCUT2D eigenvalue weighted by atomic mass is 35.5. The number of nitrogens with one attached hydrogen (secondary N) is 1. The van der Waals surface area contributed by atoms with E-state index in [9.17, 15) is 4.79 Å². The number of hydrogen-bond donors (Lipinski definition) is 1. The molecule has 2 rings (SSSR count). The Balaban J connectivity index is 2.52. The monoisotopic (exact) mass is 251 g/mol. The molecule has 6 heteroatoms. The predicted molar refractivity (Wildman–Crippen MR) is 62.9 cm³/mol. The molecule has 5 nitrogen and oxygen atoms in total. The van der Waals surface area contributed by atoms with Crippen LogP contribution in [0.5, 0.6) is 0 Å². The standard InChI is InChI=1S/C11H10ClN3O2/c1-6-3-4-7(13-5-6)9-8(11(16)17-2)10(12)15-14-9/h3-5H,1-2H3,(H,14,15). The number of H-pyrrole nitrogens is 1. The van der Waals surface area contributed by atoms with Gasteiger partial charge < -0.3 is 4.74 Å². The number of ether oxygens (including phenoxy) is 1. The minimum atomic E-state index is -0.541. The first-order valence-corrected chi connectivity index (χ1v) is 5.26. The average Bonchev–Trinajstić information content (AvgIpc) is 2.71. The molecule has 17 heavy (non-hydrogen) atoms. The summed E-state index contributed by atoms with van der Waals surface area (Å²) in [5.41, 5.74) is 2.18. The van der Waals surface area contributed by atoms with Crippen molar-refractivity contribution >= 4 is 17.6 Å². The van der Waals surface area contributed by atoms with E-state index in [1.807, 2.05) is 13.0 Å². The maximum absolute atomic E-state index is 11.6. The number of carbonyl (C=O) groups excluding carboxylic acids is 1. The maximum atomic E-state index is 11.6. The van der Waals surface area contributed by atoms with Crippen molar-refractivity contribution in [2.24, 2.45) is 0 Å². The van der Waals surface area contributed by atoms with Gasteiger partial charge in [-0.3, -0.25) is 10.1 Å². The zero-order chi connectivity index (χ0) is 12.4. The van der Waals surface area contributed by atoms with Gasteiger partial charge in [0.1, 0.15) is 16.4 Å². The molecule has 88 valence electrons. The third kappa shape index (κ3) is 2.14. The Bertz CT molecular complexity index is 548. The van der Waals surface area contributed by atoms with Gasteiger partial charge in [0.25, 0.3) is 0 Å². The second-order valence-corrected chi connectivity index (χ2v) is 3.85. The summed E-state index contributed by atoms with van der Waals surface area (Å²) in [6, 6.07) is 3.65. The highest BCUT2D eigenvalue weighted by Crippen LogP contribution is 2.25. The molecule has 0 radical (unpaired) electrons. The molecule has 2 heterocycles. The van der Waals surface area contributed by atoms with Crippen LogP contribution in [-0.2, 0) is 4.74 Å². The van der Waals surface area contributed by atoms with Crippen molar-refractivity contribution in [1.29, 1.82) is 0 Å². The summed E-state index contributed by atoms with van der Waals surface area (Å²) in [6.45, 7) is 1.93. The molecule has 0 saturated carbocycles. The Kier molecular flexibility index (Phi) is 3.10. The first-order valence-electron chi connectivity index (χ1n) is 4.88. The molecule has 0 atom stereocenters. The number of aryl methyl sites for hydroxylation is 1. The summed E-state index contributed by atoms with van der Waals surface area (Å²) < 4.78 is 4.65. The summed E-state index contributed by atoms with van der Waals surface area (Å²) in [6.07, 6.45) is 1.69. The van der Waals surface area contributed by atoms with E-state index in [-0.39, 0.29) is 10.7 Å². The molecular formula is C11H10ClN3O2. The smallest absolute Gasteiger partial charge is 0.343 e. The van der Waals surface area contributed by atoms with Gasteiger partial charge in [0.2, 0.25) is 0 Å². The van der Waals surface area contributed by atoms with E-state index in [1.165, 1.54) is 7.11 Å². The summed E-state index contributed by atoms with van der Waals surface area (Å²) in [5.74, 6) is -0.541. The number of rotatable bonds is 2. The van der Waals surface area contributed by atoms with E-state index in [1.54, 1.807) is 12.3 Å². The van der Waals surface area contributed by atoms with Gasteiger partial charge in [-0.15, -0.1) is 0 Å². The lowest BCUT2D eigenvalue weighted by Crippen LogP contribution is -2.03. The first-order chi connectivity index (χ1) is 8.13. The zero-order valence-corrected chi connectivity index (χ0v) is 10.1. The lowest BCUT2D eigenvalue weighted by atomic mass is 10.1. The van der Waals surface area contributed by atoms with Crippen molar-refractivity contribution in [3.8, 4) is 11.4 Å². The lowest BCUT2D eigenvalue weighted by molar-refractivity contribution is 0.0602. The van der Waals surface area contributed by atoms with Crippen molar-refractivity contribution in [3.63, 3.8) is 0 Å². The van der Waals surface area contributed by atoms with E-state index in [4.69, 9.17) is 11.6 Å². The highest BCUT2D eigenvalue weighted by molar-refractivity contribution is 6.33. The Morgan fingerprint density at radius 2 is 2.24 bits per heavy atom. The van der Waals surface area contributed by atoms with Crippen LogP contribution in [0.2, 0.25) is 5.15 Å². The number of halogens is 1. The van der Waals surface area contributed by atoms with Crippen LogP contribution in [0.15, 0.2) is 18.3 Å². The molecule has 0 fully saturated rings. The molecule has 0 aliphatic heterocycles. The van der Waals surface area contributed by atoms with Crippen LogP contribution in [0.3, 0.4) is 0 Å². The van der Waals surface area contributed by atoms with Gasteiger partial charge in [-0.1, -0.05) is 17.7 Å². The Morgan fingerprint density at radius 3 is 2.82 bits per heavy atom. The van der Waals surface area contributed by atoms with Crippen molar-refractivity contribution in [2.75, 3.05) is 7.11 Å². The second kappa shape index (κ2) is 4.55. The fourth-order valence-electron chi connectivity index (χ4n) is 1.40. The Labute approximate surface area is 103 Å². The highest BCUT2D eigenvalue weighted by Gasteiger charge is 2.21. The topological polar surface area (TPSA) is 67.9 Å². The zero-order valence-electron chi connectivity index (χ0n) is 9.32. The maximum Gasteiger partial charge on any atom is 0.343 e. The molecule has 0 saturated heterocycles. The molecule has 0 amide bonds. The molecule has 0 aromatic carbocycles. The van der Waals surface area contributed by atoms with Crippen LogP contribution < -0.4 is 0 Å². The molecule has 2 aromatic rings. The summed E-state index contributed by atoms with van der Waals surface area (Å²) >= 11 is 5.85. The second-order valence-electron chi connectivity index (χ2n) is 3.47. The van der Waals surface area contributed by atoms with Gasteiger partial charge in [0.05, 0.1) is 12.8 Å². The van der Waals surface area contributed by atoms with Gasteiger partial charge in [-0.05, 0) is 18.6 Å². The molecule has 0 spiro atoms. The molecular weight excluding hydrogens is 242 g/mol. The number of aromatic nitrogens is 3. The van der Waals surface area contributed by atoms with Gasteiger partial charge in [-0.2, -0.15) is 5.10 Å². The van der Waals surface area contributed by atoms with Crippen molar-refractivity contribution < 1.29 is 9.53 Å². The van der Waals surface area contributed by atoms with Crippen molar-refractivity contribution in [2.45, 2.75) is 6.92 Å². The number of nitrogens with zero attached hydrogens (tertiary/aromatic N) is 2. The van der Waals surface area contributed by atoms with Gasteiger partial charge in [0, 0.05) is 6.20 Å². The fourth-order valence-corrected chi connectivity index (χ4v) is 1.61. The summed E-state index contributed by atoms with van der Waals surface area (Å²) in [7, 11) is 1.29.